The quantitative estimate of drug-likeness (QED) is 0.850. The second kappa shape index (κ2) is 7.24. The first kappa shape index (κ1) is 15.5. The largest absolute Gasteiger partial charge is 0.395 e. The van der Waals surface area contributed by atoms with E-state index >= 15 is 0 Å². The molecule has 1 heterocycles. The number of nitrogens with zero attached hydrogens (tertiary/aromatic N) is 1. The number of piperidine rings is 1. The molecule has 3 nitrogen and oxygen atoms in total. The molecule has 1 amide bonds. The minimum absolute atomic E-state index is 0.0464. The monoisotopic (exact) mass is 289 g/mol. The van der Waals surface area contributed by atoms with Gasteiger partial charge in [-0.15, -0.1) is 0 Å². The Morgan fingerprint density at radius 3 is 3.05 bits per heavy atom. The van der Waals surface area contributed by atoms with E-state index in [1.165, 1.54) is 18.2 Å². The van der Waals surface area contributed by atoms with Crippen molar-refractivity contribution < 1.29 is 14.3 Å². The Balaban J connectivity index is 2.26. The van der Waals surface area contributed by atoms with Crippen LogP contribution >= 0.6 is 0 Å². The molecule has 0 spiro atoms. The van der Waals surface area contributed by atoms with Gasteiger partial charge in [0.25, 0.3) is 5.91 Å². The van der Waals surface area contributed by atoms with Gasteiger partial charge in [-0.3, -0.25) is 4.79 Å². The van der Waals surface area contributed by atoms with Gasteiger partial charge in [-0.1, -0.05) is 18.8 Å². The van der Waals surface area contributed by atoms with E-state index in [1.807, 2.05) is 4.90 Å². The van der Waals surface area contributed by atoms with E-state index in [0.29, 0.717) is 23.5 Å². The maximum atomic E-state index is 13.4. The molecule has 4 heteroatoms. The molecule has 0 aliphatic carbocycles. The molecule has 0 bridgehead atoms. The summed E-state index contributed by atoms with van der Waals surface area (Å²) in [6.45, 7) is 3.56. The Kier molecular flexibility index (Phi) is 5.35. The van der Waals surface area contributed by atoms with Crippen LogP contribution in [-0.2, 0) is 0 Å². The normalized spacial score (nSPS) is 18.0. The highest BCUT2D eigenvalue weighted by atomic mass is 19.1. The fourth-order valence-corrected chi connectivity index (χ4v) is 2.56. The molecule has 1 saturated heterocycles. The van der Waals surface area contributed by atoms with Crippen molar-refractivity contribution in [2.75, 3.05) is 19.7 Å². The van der Waals surface area contributed by atoms with Crippen molar-refractivity contribution in [3.63, 3.8) is 0 Å². The third-order valence-corrected chi connectivity index (χ3v) is 3.62. The van der Waals surface area contributed by atoms with Gasteiger partial charge in [0.2, 0.25) is 0 Å². The molecule has 112 valence electrons. The maximum absolute atomic E-state index is 13.4. The summed E-state index contributed by atoms with van der Waals surface area (Å²) in [5.74, 6) is 5.53. The lowest BCUT2D eigenvalue weighted by atomic mass is 9.98. The highest BCUT2D eigenvalue weighted by Crippen LogP contribution is 2.20. The Bertz CT molecular complexity index is 574. The van der Waals surface area contributed by atoms with Gasteiger partial charge in [-0.05, 0) is 37.0 Å². The van der Waals surface area contributed by atoms with Gasteiger partial charge in [-0.25, -0.2) is 4.39 Å². The Labute approximate surface area is 124 Å². The maximum Gasteiger partial charge on any atom is 0.255 e. The van der Waals surface area contributed by atoms with E-state index in [-0.39, 0.29) is 12.5 Å². The topological polar surface area (TPSA) is 40.5 Å². The summed E-state index contributed by atoms with van der Waals surface area (Å²) in [4.78, 5) is 14.4. The molecule has 1 fully saturated rings. The third-order valence-electron chi connectivity index (χ3n) is 3.62. The lowest BCUT2D eigenvalue weighted by Gasteiger charge is -2.31. The highest BCUT2D eigenvalue weighted by molar-refractivity contribution is 5.96. The average Bonchev–Trinajstić information content (AvgIpc) is 2.47. The zero-order chi connectivity index (χ0) is 15.2. The number of halogens is 1. The summed E-state index contributed by atoms with van der Waals surface area (Å²) in [6.07, 6.45) is 2.45. The van der Waals surface area contributed by atoms with Crippen LogP contribution in [0.15, 0.2) is 18.2 Å². The zero-order valence-electron chi connectivity index (χ0n) is 12.2. The van der Waals surface area contributed by atoms with Crippen LogP contribution < -0.4 is 0 Å². The van der Waals surface area contributed by atoms with E-state index in [9.17, 15) is 9.18 Å². The summed E-state index contributed by atoms with van der Waals surface area (Å²) in [5, 5.41) is 8.76. The molecule has 0 radical (unpaired) electrons. The van der Waals surface area contributed by atoms with Crippen LogP contribution in [0.3, 0.4) is 0 Å². The first-order valence-corrected chi connectivity index (χ1v) is 7.30. The number of hydrogen-bond donors (Lipinski definition) is 1. The van der Waals surface area contributed by atoms with Gasteiger partial charge < -0.3 is 10.0 Å². The fraction of sp³-hybridized carbons (Fsp3) is 0.471. The lowest BCUT2D eigenvalue weighted by molar-refractivity contribution is 0.0682. The van der Waals surface area contributed by atoms with Crippen molar-refractivity contribution in [3.8, 4) is 11.8 Å². The smallest absolute Gasteiger partial charge is 0.255 e. The van der Waals surface area contributed by atoms with E-state index in [4.69, 9.17) is 5.11 Å². The first-order chi connectivity index (χ1) is 10.1. The number of carbonyl (C=O) groups is 1. The second-order valence-corrected chi connectivity index (χ2v) is 5.46. The Hall–Kier alpha value is -1.86. The van der Waals surface area contributed by atoms with Crippen molar-refractivity contribution in [2.45, 2.75) is 26.2 Å². The molecule has 1 aliphatic rings. The number of aliphatic hydroxyl groups excluding tert-OH is 1. The van der Waals surface area contributed by atoms with Crippen LogP contribution in [0.1, 0.15) is 42.1 Å². The van der Waals surface area contributed by atoms with Crippen LogP contribution in [0.25, 0.3) is 0 Å². The minimum atomic E-state index is -0.410. The number of amides is 1. The first-order valence-electron chi connectivity index (χ1n) is 7.30. The van der Waals surface area contributed by atoms with Gasteiger partial charge in [-0.2, -0.15) is 0 Å². The van der Waals surface area contributed by atoms with Crippen molar-refractivity contribution in [2.24, 2.45) is 5.92 Å². The second-order valence-electron chi connectivity index (χ2n) is 5.46. The van der Waals surface area contributed by atoms with Gasteiger partial charge in [0.15, 0.2) is 0 Å². The lowest BCUT2D eigenvalue weighted by Crippen LogP contribution is -2.39. The molecule has 21 heavy (non-hydrogen) atoms. The molecule has 1 aliphatic heterocycles. The fourth-order valence-electron chi connectivity index (χ4n) is 2.56. The standard InChI is InChI=1S/C17H20FNO2/c1-13-5-4-9-19(12-13)17(21)16-8-7-15(18)11-14(16)6-2-3-10-20/h7-8,11,13,20H,3-5,9-10,12H2,1H3. The SMILES string of the molecule is CC1CCCN(C(=O)c2ccc(F)cc2C#CCCO)C1. The van der Waals surface area contributed by atoms with Crippen molar-refractivity contribution >= 4 is 5.91 Å². The van der Waals surface area contributed by atoms with Gasteiger partial charge in [0.05, 0.1) is 12.2 Å². The van der Waals surface area contributed by atoms with Gasteiger partial charge in [0.1, 0.15) is 5.82 Å². The third kappa shape index (κ3) is 4.05. The predicted octanol–water partition coefficient (Wildman–Crippen LogP) is 2.43. The molecule has 2 rings (SSSR count). The van der Waals surface area contributed by atoms with E-state index in [0.717, 1.165) is 25.9 Å². The summed E-state index contributed by atoms with van der Waals surface area (Å²) < 4.78 is 13.4. The minimum Gasteiger partial charge on any atom is -0.395 e. The number of carbonyl (C=O) groups excluding carboxylic acids is 1. The predicted molar refractivity (Wildman–Crippen MR) is 79.3 cm³/mol. The van der Waals surface area contributed by atoms with Crippen LogP contribution in [-0.4, -0.2) is 35.6 Å². The molecule has 1 aromatic carbocycles. The molecule has 1 N–H and O–H groups in total. The molecule has 0 saturated carbocycles. The molecule has 0 aromatic heterocycles. The van der Waals surface area contributed by atoms with Crippen molar-refractivity contribution in [3.05, 3.63) is 35.1 Å². The van der Waals surface area contributed by atoms with Crippen LogP contribution in [0.5, 0.6) is 0 Å². The van der Waals surface area contributed by atoms with Crippen LogP contribution in [0.4, 0.5) is 4.39 Å². The van der Waals surface area contributed by atoms with Gasteiger partial charge in [0, 0.05) is 25.1 Å². The summed E-state index contributed by atoms with van der Waals surface area (Å²) in [5.41, 5.74) is 0.836. The van der Waals surface area contributed by atoms with Crippen molar-refractivity contribution in [1.82, 2.24) is 4.90 Å². The van der Waals surface area contributed by atoms with E-state index in [2.05, 4.69) is 18.8 Å². The van der Waals surface area contributed by atoms with E-state index < -0.39 is 5.82 Å². The highest BCUT2D eigenvalue weighted by Gasteiger charge is 2.23. The number of likely N-dealkylation sites (tertiary alicyclic amines) is 1. The van der Waals surface area contributed by atoms with Crippen LogP contribution in [0, 0.1) is 23.6 Å². The Morgan fingerprint density at radius 1 is 1.52 bits per heavy atom. The summed E-state index contributed by atoms with van der Waals surface area (Å²) in [6, 6.07) is 4.07. The number of hydrogen-bond acceptors (Lipinski definition) is 2. The van der Waals surface area contributed by atoms with Crippen molar-refractivity contribution in [1.29, 1.82) is 0 Å². The van der Waals surface area contributed by atoms with Gasteiger partial charge >= 0.3 is 0 Å². The zero-order valence-corrected chi connectivity index (χ0v) is 12.2. The Morgan fingerprint density at radius 2 is 2.33 bits per heavy atom. The summed E-state index contributed by atoms with van der Waals surface area (Å²) in [7, 11) is 0. The average molecular weight is 289 g/mol. The molecule has 1 aromatic rings. The van der Waals surface area contributed by atoms with Crippen LogP contribution in [0.2, 0.25) is 0 Å². The van der Waals surface area contributed by atoms with E-state index in [1.54, 1.807) is 0 Å². The molecular weight excluding hydrogens is 269 g/mol. The number of rotatable bonds is 2. The molecule has 1 unspecified atom stereocenters. The number of benzene rings is 1. The number of aliphatic hydroxyl groups is 1. The molecular formula is C17H20FNO2. The summed E-state index contributed by atoms with van der Waals surface area (Å²) >= 11 is 0. The molecule has 1 atom stereocenters.